The first-order chi connectivity index (χ1) is 6.22. The zero-order chi connectivity index (χ0) is 9.68. The van der Waals surface area contributed by atoms with Gasteiger partial charge in [0.1, 0.15) is 12.4 Å². The van der Waals surface area contributed by atoms with E-state index >= 15 is 0 Å². The first kappa shape index (κ1) is 10.8. The zero-order valence-electron chi connectivity index (χ0n) is 7.53. The average Bonchev–Trinajstić information content (AvgIpc) is 2.14. The molecule has 1 aromatic carbocycles. The minimum atomic E-state index is -0.363. The lowest BCUT2D eigenvalue weighted by molar-refractivity contribution is 0.104. The maximum absolute atomic E-state index is 9.26. The molecule has 0 amide bonds. The normalized spacial score (nSPS) is 12.5. The van der Waals surface area contributed by atoms with Gasteiger partial charge in [-0.25, -0.2) is 0 Å². The van der Waals surface area contributed by atoms with Gasteiger partial charge in [0, 0.05) is 3.57 Å². The van der Waals surface area contributed by atoms with E-state index in [0.29, 0.717) is 6.61 Å². The minimum Gasteiger partial charge on any atom is -0.491 e. The van der Waals surface area contributed by atoms with Crippen LogP contribution in [-0.4, -0.2) is 17.8 Å². The maximum Gasteiger partial charge on any atom is 0.120 e. The second-order valence-corrected chi connectivity index (χ2v) is 4.08. The van der Waals surface area contributed by atoms with E-state index in [4.69, 9.17) is 4.74 Å². The highest BCUT2D eigenvalue weighted by Gasteiger charge is 2.01. The van der Waals surface area contributed by atoms with Crippen LogP contribution in [0, 0.1) is 3.57 Å². The van der Waals surface area contributed by atoms with E-state index in [0.717, 1.165) is 15.7 Å². The molecule has 0 fully saturated rings. The number of ether oxygens (including phenoxy) is 1. The van der Waals surface area contributed by atoms with Crippen molar-refractivity contribution in [2.45, 2.75) is 19.4 Å². The molecule has 0 spiro atoms. The van der Waals surface area contributed by atoms with Gasteiger partial charge < -0.3 is 9.84 Å². The van der Waals surface area contributed by atoms with Crippen LogP contribution in [0.15, 0.2) is 24.3 Å². The van der Waals surface area contributed by atoms with Gasteiger partial charge in [0.2, 0.25) is 0 Å². The van der Waals surface area contributed by atoms with Crippen LogP contribution >= 0.6 is 22.6 Å². The van der Waals surface area contributed by atoms with Gasteiger partial charge in [0.25, 0.3) is 0 Å². The summed E-state index contributed by atoms with van der Waals surface area (Å²) in [6.07, 6.45) is 0.363. The molecule has 0 radical (unpaired) electrons. The number of rotatable bonds is 4. The summed E-state index contributed by atoms with van der Waals surface area (Å²) < 4.78 is 6.52. The topological polar surface area (TPSA) is 29.5 Å². The van der Waals surface area contributed by atoms with Gasteiger partial charge in [-0.05, 0) is 47.2 Å². The van der Waals surface area contributed by atoms with Gasteiger partial charge in [-0.3, -0.25) is 0 Å². The third-order valence-corrected chi connectivity index (χ3v) is 2.38. The van der Waals surface area contributed by atoms with Crippen molar-refractivity contribution >= 4 is 22.6 Å². The van der Waals surface area contributed by atoms with Gasteiger partial charge in [0.05, 0.1) is 6.10 Å². The molecule has 1 rings (SSSR count). The van der Waals surface area contributed by atoms with E-state index < -0.39 is 0 Å². The summed E-state index contributed by atoms with van der Waals surface area (Å²) in [5.74, 6) is 0.819. The SMILES string of the molecule is CCC(O)COc1cccc(I)c1. The summed E-state index contributed by atoms with van der Waals surface area (Å²) in [7, 11) is 0. The van der Waals surface area contributed by atoms with Crippen molar-refractivity contribution in [3.63, 3.8) is 0 Å². The fraction of sp³-hybridized carbons (Fsp3) is 0.400. The Bertz CT molecular complexity index is 263. The maximum atomic E-state index is 9.26. The van der Waals surface area contributed by atoms with Gasteiger partial charge in [-0.15, -0.1) is 0 Å². The highest BCUT2D eigenvalue weighted by molar-refractivity contribution is 14.1. The molecule has 1 aromatic rings. The monoisotopic (exact) mass is 292 g/mol. The van der Waals surface area contributed by atoms with Crippen molar-refractivity contribution in [1.29, 1.82) is 0 Å². The summed E-state index contributed by atoms with van der Waals surface area (Å²) in [4.78, 5) is 0. The zero-order valence-corrected chi connectivity index (χ0v) is 9.69. The molecule has 0 aliphatic heterocycles. The predicted molar refractivity (Wildman–Crippen MR) is 61.0 cm³/mol. The average molecular weight is 292 g/mol. The molecule has 1 atom stereocenters. The molecule has 13 heavy (non-hydrogen) atoms. The van der Waals surface area contributed by atoms with Gasteiger partial charge in [-0.1, -0.05) is 13.0 Å². The van der Waals surface area contributed by atoms with Crippen LogP contribution in [0.4, 0.5) is 0 Å². The minimum absolute atomic E-state index is 0.363. The van der Waals surface area contributed by atoms with E-state index in [1.54, 1.807) is 0 Å². The van der Waals surface area contributed by atoms with Crippen molar-refractivity contribution in [1.82, 2.24) is 0 Å². The standard InChI is InChI=1S/C10H13IO2/c1-2-9(12)7-13-10-5-3-4-8(11)6-10/h3-6,9,12H,2,7H2,1H3. The molecule has 0 heterocycles. The summed E-state index contributed by atoms with van der Waals surface area (Å²) in [5, 5.41) is 9.26. The van der Waals surface area contributed by atoms with Crippen LogP contribution < -0.4 is 4.74 Å². The Morgan fingerprint density at radius 1 is 1.54 bits per heavy atom. The Hall–Kier alpha value is -0.290. The van der Waals surface area contributed by atoms with E-state index in [1.165, 1.54) is 0 Å². The third kappa shape index (κ3) is 3.95. The fourth-order valence-electron chi connectivity index (χ4n) is 0.867. The number of halogens is 1. The fourth-order valence-corrected chi connectivity index (χ4v) is 1.38. The predicted octanol–water partition coefficient (Wildman–Crippen LogP) is 2.44. The number of hydrogen-bond donors (Lipinski definition) is 1. The number of aliphatic hydroxyl groups excluding tert-OH is 1. The number of aliphatic hydroxyl groups is 1. The Morgan fingerprint density at radius 3 is 2.92 bits per heavy atom. The van der Waals surface area contributed by atoms with Crippen LogP contribution in [0.5, 0.6) is 5.75 Å². The largest absolute Gasteiger partial charge is 0.491 e. The third-order valence-electron chi connectivity index (χ3n) is 1.71. The Kier molecular flexibility index (Phi) is 4.52. The van der Waals surface area contributed by atoms with Gasteiger partial charge in [-0.2, -0.15) is 0 Å². The lowest BCUT2D eigenvalue weighted by Crippen LogP contribution is -2.15. The van der Waals surface area contributed by atoms with E-state index in [9.17, 15) is 5.11 Å². The smallest absolute Gasteiger partial charge is 0.120 e. The molecule has 1 unspecified atom stereocenters. The summed E-state index contributed by atoms with van der Waals surface area (Å²) >= 11 is 2.23. The van der Waals surface area contributed by atoms with Crippen molar-refractivity contribution in [3.05, 3.63) is 27.8 Å². The second kappa shape index (κ2) is 5.44. The first-order valence-corrected chi connectivity index (χ1v) is 5.36. The molecule has 0 saturated carbocycles. The Morgan fingerprint density at radius 2 is 2.31 bits per heavy atom. The first-order valence-electron chi connectivity index (χ1n) is 4.28. The van der Waals surface area contributed by atoms with Crippen LogP contribution in [0.25, 0.3) is 0 Å². The molecule has 0 aromatic heterocycles. The van der Waals surface area contributed by atoms with Crippen molar-refractivity contribution in [2.75, 3.05) is 6.61 Å². The van der Waals surface area contributed by atoms with Gasteiger partial charge >= 0.3 is 0 Å². The molecular formula is C10H13IO2. The van der Waals surface area contributed by atoms with Crippen LogP contribution in [0.3, 0.4) is 0 Å². The molecule has 0 aliphatic rings. The molecule has 3 heteroatoms. The summed E-state index contributed by atoms with van der Waals surface area (Å²) in [6.45, 7) is 2.30. The van der Waals surface area contributed by atoms with Crippen LogP contribution in [0.2, 0.25) is 0 Å². The lowest BCUT2D eigenvalue weighted by atomic mass is 10.3. The number of hydrogen-bond acceptors (Lipinski definition) is 2. The molecule has 0 bridgehead atoms. The van der Waals surface area contributed by atoms with Crippen LogP contribution in [-0.2, 0) is 0 Å². The van der Waals surface area contributed by atoms with E-state index in [1.807, 2.05) is 31.2 Å². The molecule has 1 N–H and O–H groups in total. The van der Waals surface area contributed by atoms with Crippen molar-refractivity contribution in [3.8, 4) is 5.75 Å². The molecular weight excluding hydrogens is 279 g/mol. The quantitative estimate of drug-likeness (QED) is 0.864. The molecule has 72 valence electrons. The Labute approximate surface area is 92.1 Å². The van der Waals surface area contributed by atoms with E-state index in [-0.39, 0.29) is 6.10 Å². The highest BCUT2D eigenvalue weighted by atomic mass is 127. The highest BCUT2D eigenvalue weighted by Crippen LogP contribution is 2.14. The second-order valence-electron chi connectivity index (χ2n) is 2.83. The molecule has 0 saturated heterocycles. The molecule has 0 aliphatic carbocycles. The number of benzene rings is 1. The van der Waals surface area contributed by atoms with E-state index in [2.05, 4.69) is 22.6 Å². The summed E-state index contributed by atoms with van der Waals surface area (Å²) in [6, 6.07) is 7.78. The Balaban J connectivity index is 2.45. The lowest BCUT2D eigenvalue weighted by Gasteiger charge is -2.09. The van der Waals surface area contributed by atoms with Crippen molar-refractivity contribution in [2.24, 2.45) is 0 Å². The van der Waals surface area contributed by atoms with Crippen LogP contribution in [0.1, 0.15) is 13.3 Å². The van der Waals surface area contributed by atoms with Gasteiger partial charge in [0.15, 0.2) is 0 Å². The summed E-state index contributed by atoms with van der Waals surface area (Å²) in [5.41, 5.74) is 0. The van der Waals surface area contributed by atoms with Crippen molar-refractivity contribution < 1.29 is 9.84 Å². The molecule has 2 nitrogen and oxygen atoms in total.